The minimum absolute atomic E-state index is 0.124. The number of halogens is 1. The summed E-state index contributed by atoms with van der Waals surface area (Å²) in [5.41, 5.74) is 4.14. The fraction of sp³-hybridized carbons (Fsp3) is 0.600. The fourth-order valence-electron chi connectivity index (χ4n) is 8.75. The smallest absolute Gasteiger partial charge is 0.264 e. The van der Waals surface area contributed by atoms with Gasteiger partial charge in [0.05, 0.1) is 23.3 Å². The van der Waals surface area contributed by atoms with Gasteiger partial charge >= 0.3 is 0 Å². The maximum atomic E-state index is 13.5. The normalized spacial score (nSPS) is 34.4. The summed E-state index contributed by atoms with van der Waals surface area (Å²) in [6, 6.07) is 11.6. The lowest BCUT2D eigenvalue weighted by molar-refractivity contribution is -0.118. The number of nitrogens with zero attached hydrogens (tertiary/aromatic N) is 2. The molecular weight excluding hydrogens is 610 g/mol. The molecular formula is C35H44ClN3O5S. The van der Waals surface area contributed by atoms with Crippen molar-refractivity contribution in [3.8, 4) is 5.75 Å². The minimum Gasteiger partial charge on any atom is -0.490 e. The van der Waals surface area contributed by atoms with Crippen LogP contribution in [0.25, 0.3) is 0 Å². The van der Waals surface area contributed by atoms with Crippen LogP contribution in [0.5, 0.6) is 5.75 Å². The largest absolute Gasteiger partial charge is 0.490 e. The van der Waals surface area contributed by atoms with E-state index in [1.807, 2.05) is 32.0 Å². The number of ether oxygens (including phenoxy) is 1. The molecule has 0 unspecified atom stereocenters. The molecule has 1 saturated carbocycles. The van der Waals surface area contributed by atoms with Gasteiger partial charge in [0.15, 0.2) is 0 Å². The molecule has 10 heteroatoms. The molecule has 5 aliphatic rings. The van der Waals surface area contributed by atoms with Crippen molar-refractivity contribution in [1.82, 2.24) is 4.72 Å². The van der Waals surface area contributed by atoms with Crippen LogP contribution < -0.4 is 14.4 Å². The van der Waals surface area contributed by atoms with E-state index in [-0.39, 0.29) is 16.9 Å². The van der Waals surface area contributed by atoms with Crippen LogP contribution in [-0.4, -0.2) is 50.6 Å². The Hall–Kier alpha value is -2.78. The molecule has 3 aliphatic heterocycles. The zero-order chi connectivity index (χ0) is 31.6. The number of fused-ring (bicyclic) bond motifs is 5. The Morgan fingerprint density at radius 1 is 1.07 bits per heavy atom. The first-order valence-corrected chi connectivity index (χ1v) is 18.5. The zero-order valence-corrected chi connectivity index (χ0v) is 28.1. The molecule has 0 aromatic heterocycles. The van der Waals surface area contributed by atoms with Gasteiger partial charge in [0.25, 0.3) is 5.91 Å². The van der Waals surface area contributed by atoms with Gasteiger partial charge in [-0.2, -0.15) is 0 Å². The van der Waals surface area contributed by atoms with E-state index in [1.54, 1.807) is 13.0 Å². The average molecular weight is 654 g/mol. The number of aryl methyl sites for hydroxylation is 1. The van der Waals surface area contributed by atoms with Crippen LogP contribution >= 0.6 is 11.6 Å². The summed E-state index contributed by atoms with van der Waals surface area (Å²) in [5.74, 6) is 0.728. The molecule has 0 radical (unpaired) electrons. The average Bonchev–Trinajstić information content (AvgIpc) is 3.28. The van der Waals surface area contributed by atoms with E-state index in [4.69, 9.17) is 21.2 Å². The van der Waals surface area contributed by atoms with Gasteiger partial charge in [-0.05, 0) is 119 Å². The molecule has 2 aliphatic carbocycles. The van der Waals surface area contributed by atoms with Crippen LogP contribution in [0.15, 0.2) is 41.6 Å². The quantitative estimate of drug-likeness (QED) is 0.342. The van der Waals surface area contributed by atoms with Crippen LogP contribution in [0.2, 0.25) is 5.02 Å². The number of amides is 1. The molecule has 0 saturated heterocycles. The summed E-state index contributed by atoms with van der Waals surface area (Å²) in [6.07, 6.45) is 8.42. The van der Waals surface area contributed by atoms with Crippen LogP contribution in [0, 0.1) is 17.8 Å². The Morgan fingerprint density at radius 2 is 1.91 bits per heavy atom. The maximum Gasteiger partial charge on any atom is 0.264 e. The highest BCUT2D eigenvalue weighted by atomic mass is 35.5. The molecule has 2 aromatic rings. The van der Waals surface area contributed by atoms with Crippen molar-refractivity contribution in [3.05, 3.63) is 58.1 Å². The first kappa shape index (κ1) is 30.9. The lowest BCUT2D eigenvalue weighted by Crippen LogP contribution is -2.53. The standard InChI is InChI=1S/C35H44ClN3O5S/c1-22-6-4-15-35(18-23(2)37-44-35)30-11-8-27(30)19-39-20-34(14-5-7-25-16-28(36)10-12-29(25)34)21-43-32-13-9-26(17-31(32)39)33(40)38-45(41,42)24(22)3/h9-10,12-13,16-17,22,24,27,30H,4-8,11,14-15,18-21H2,1-3H3,(H,38,40)/t22-,24+,27-,30+,34-,35-/m0/s1. The Labute approximate surface area is 271 Å². The fourth-order valence-corrected chi connectivity index (χ4v) is 10.3. The third-order valence-electron chi connectivity index (χ3n) is 11.6. The molecule has 2 spiro atoms. The second-order valence-electron chi connectivity index (χ2n) is 14.4. The number of hydrogen-bond acceptors (Lipinski definition) is 7. The molecule has 1 fully saturated rings. The van der Waals surface area contributed by atoms with Gasteiger partial charge in [-0.3, -0.25) is 4.79 Å². The van der Waals surface area contributed by atoms with Crippen molar-refractivity contribution >= 4 is 38.9 Å². The van der Waals surface area contributed by atoms with Gasteiger partial charge < -0.3 is 14.5 Å². The van der Waals surface area contributed by atoms with Gasteiger partial charge in [-0.15, -0.1) is 0 Å². The number of hydrogen-bond donors (Lipinski definition) is 1. The first-order valence-electron chi connectivity index (χ1n) is 16.6. The highest BCUT2D eigenvalue weighted by Gasteiger charge is 2.53. The summed E-state index contributed by atoms with van der Waals surface area (Å²) in [6.45, 7) is 7.75. The second kappa shape index (κ2) is 11.5. The predicted octanol–water partition coefficient (Wildman–Crippen LogP) is 6.64. The Bertz CT molecular complexity index is 1650. The van der Waals surface area contributed by atoms with E-state index < -0.39 is 21.2 Å². The highest BCUT2D eigenvalue weighted by molar-refractivity contribution is 7.90. The summed E-state index contributed by atoms with van der Waals surface area (Å²) in [7, 11) is -3.89. The number of rotatable bonds is 0. The van der Waals surface area contributed by atoms with Crippen molar-refractivity contribution < 1.29 is 22.8 Å². The van der Waals surface area contributed by atoms with Gasteiger partial charge in [0, 0.05) is 41.4 Å². The Morgan fingerprint density at radius 3 is 2.67 bits per heavy atom. The molecule has 1 N–H and O–H groups in total. The van der Waals surface area contributed by atoms with Crippen molar-refractivity contribution in [3.63, 3.8) is 0 Å². The van der Waals surface area contributed by atoms with E-state index in [9.17, 15) is 13.2 Å². The summed E-state index contributed by atoms with van der Waals surface area (Å²) >= 11 is 6.44. The van der Waals surface area contributed by atoms with Gasteiger partial charge in [-0.1, -0.05) is 29.7 Å². The third kappa shape index (κ3) is 5.52. The third-order valence-corrected chi connectivity index (χ3v) is 13.7. The first-order chi connectivity index (χ1) is 21.5. The van der Waals surface area contributed by atoms with Crippen molar-refractivity contribution in [2.45, 2.75) is 94.8 Å². The van der Waals surface area contributed by atoms with Crippen molar-refractivity contribution in [2.75, 3.05) is 24.6 Å². The number of carbonyl (C=O) groups is 1. The SMILES string of the molecule is CC1=NO[C@@]2(CCC[C@H](C)[C@@H](C)S(=O)(=O)NC(=O)c3ccc4c(c3)N(C[C@@H]3CC[C@H]32)C[C@@]2(CCCc3cc(Cl)ccc32)CO4)C1. The number of nitrogens with one attached hydrogen (secondary N) is 1. The molecule has 1 amide bonds. The van der Waals surface area contributed by atoms with Gasteiger partial charge in [-0.25, -0.2) is 13.1 Å². The van der Waals surface area contributed by atoms with E-state index >= 15 is 0 Å². The topological polar surface area (TPSA) is 97.3 Å². The van der Waals surface area contributed by atoms with E-state index in [1.165, 1.54) is 11.1 Å². The summed E-state index contributed by atoms with van der Waals surface area (Å²) < 4.78 is 35.8. The monoisotopic (exact) mass is 653 g/mol. The van der Waals surface area contributed by atoms with Gasteiger partial charge in [0.1, 0.15) is 11.4 Å². The number of oxime groups is 1. The van der Waals surface area contributed by atoms with E-state index in [0.717, 1.165) is 93.0 Å². The summed E-state index contributed by atoms with van der Waals surface area (Å²) in [5, 5.41) is 4.49. The molecule has 242 valence electrons. The minimum atomic E-state index is -3.89. The number of benzene rings is 2. The molecule has 2 aromatic carbocycles. The lowest BCUT2D eigenvalue weighted by atomic mass is 9.61. The molecule has 2 bridgehead atoms. The van der Waals surface area contributed by atoms with Crippen LogP contribution in [-0.2, 0) is 26.7 Å². The molecule has 6 atom stereocenters. The Kier molecular flexibility index (Phi) is 7.87. The van der Waals surface area contributed by atoms with Crippen LogP contribution in [0.4, 0.5) is 5.69 Å². The van der Waals surface area contributed by atoms with Crippen molar-refractivity contribution in [1.29, 1.82) is 0 Å². The van der Waals surface area contributed by atoms with E-state index in [2.05, 4.69) is 26.9 Å². The molecule has 45 heavy (non-hydrogen) atoms. The number of sulfonamides is 1. The Balaban J connectivity index is 1.31. The molecule has 7 rings (SSSR count). The van der Waals surface area contributed by atoms with Crippen LogP contribution in [0.1, 0.15) is 93.6 Å². The highest BCUT2D eigenvalue weighted by Crippen LogP contribution is 2.52. The summed E-state index contributed by atoms with van der Waals surface area (Å²) in [4.78, 5) is 22.2. The number of carbonyl (C=O) groups excluding carboxylic acids is 1. The van der Waals surface area contributed by atoms with Crippen molar-refractivity contribution in [2.24, 2.45) is 22.9 Å². The second-order valence-corrected chi connectivity index (χ2v) is 16.9. The lowest BCUT2D eigenvalue weighted by Gasteiger charge is -2.49. The molecule has 3 heterocycles. The predicted molar refractivity (Wildman–Crippen MR) is 177 cm³/mol. The maximum absolute atomic E-state index is 13.5. The number of anilines is 1. The van der Waals surface area contributed by atoms with Crippen LogP contribution in [0.3, 0.4) is 0 Å². The van der Waals surface area contributed by atoms with Gasteiger partial charge in [0.2, 0.25) is 10.0 Å². The molecule has 8 nitrogen and oxygen atoms in total. The van der Waals surface area contributed by atoms with E-state index in [0.29, 0.717) is 24.0 Å². The zero-order valence-electron chi connectivity index (χ0n) is 26.5.